The number of hydrogen-bond donors (Lipinski definition) is 1. The Bertz CT molecular complexity index is 564. The average Bonchev–Trinajstić information content (AvgIpc) is 2.26. The maximum absolute atomic E-state index is 11.5. The summed E-state index contributed by atoms with van der Waals surface area (Å²) in [7, 11) is 0. The number of ketones is 1. The molecule has 0 aromatic rings. The summed E-state index contributed by atoms with van der Waals surface area (Å²) in [6.07, 6.45) is 0. The van der Waals surface area contributed by atoms with Gasteiger partial charge in [0.25, 0.3) is 0 Å². The lowest BCUT2D eigenvalue weighted by Gasteiger charge is -2.27. The highest BCUT2D eigenvalue weighted by atomic mass is 16.5. The highest BCUT2D eigenvalue weighted by Crippen LogP contribution is 2.41. The summed E-state index contributed by atoms with van der Waals surface area (Å²) in [5.41, 5.74) is 2.98. The van der Waals surface area contributed by atoms with Crippen LogP contribution in [0.1, 0.15) is 13.8 Å². The quantitative estimate of drug-likeness (QED) is 0.700. The van der Waals surface area contributed by atoms with E-state index in [0.29, 0.717) is 0 Å². The fraction of sp³-hybridized carbons (Fsp3) is 0.273. The zero-order valence-electron chi connectivity index (χ0n) is 9.24. The molecule has 1 aliphatic heterocycles. The van der Waals surface area contributed by atoms with Crippen molar-refractivity contribution in [1.29, 1.82) is 15.8 Å². The van der Waals surface area contributed by atoms with Crippen LogP contribution in [0.15, 0.2) is 22.8 Å². The van der Waals surface area contributed by atoms with Crippen molar-refractivity contribution in [3.05, 3.63) is 22.8 Å². The Morgan fingerprint density at radius 3 is 2.24 bits per heavy atom. The molecule has 84 valence electrons. The normalized spacial score (nSPS) is 17.6. The lowest BCUT2D eigenvalue weighted by Crippen LogP contribution is -2.33. The first-order valence-corrected chi connectivity index (χ1v) is 4.57. The molecule has 6 nitrogen and oxygen atoms in total. The number of allylic oxidation sites excluding steroid dienone is 3. The van der Waals surface area contributed by atoms with E-state index in [-0.39, 0.29) is 22.8 Å². The molecular formula is C11H8N4O2. The summed E-state index contributed by atoms with van der Waals surface area (Å²) < 4.78 is 5.01. The van der Waals surface area contributed by atoms with Crippen molar-refractivity contribution < 1.29 is 9.53 Å². The second kappa shape index (κ2) is 4.00. The minimum atomic E-state index is -1.98. The smallest absolute Gasteiger partial charge is 0.215 e. The van der Waals surface area contributed by atoms with E-state index in [1.54, 1.807) is 18.2 Å². The van der Waals surface area contributed by atoms with Gasteiger partial charge in [-0.1, -0.05) is 0 Å². The molecule has 1 heterocycles. The van der Waals surface area contributed by atoms with Crippen LogP contribution in [-0.4, -0.2) is 5.78 Å². The lowest BCUT2D eigenvalue weighted by atomic mass is 9.73. The van der Waals surface area contributed by atoms with Crippen LogP contribution in [0, 0.1) is 39.4 Å². The molecule has 0 atom stereocenters. The van der Waals surface area contributed by atoms with Gasteiger partial charge in [0.05, 0.1) is 17.7 Å². The van der Waals surface area contributed by atoms with Crippen LogP contribution in [0.25, 0.3) is 0 Å². The molecule has 2 N–H and O–H groups in total. The van der Waals surface area contributed by atoms with Gasteiger partial charge in [-0.15, -0.1) is 0 Å². The topological polar surface area (TPSA) is 124 Å². The van der Waals surface area contributed by atoms with Gasteiger partial charge in [0.15, 0.2) is 5.78 Å². The molecule has 6 heteroatoms. The van der Waals surface area contributed by atoms with Crippen LogP contribution in [0.2, 0.25) is 0 Å². The number of carbonyl (C=O) groups is 1. The summed E-state index contributed by atoms with van der Waals surface area (Å²) in [6, 6.07) is 5.01. The van der Waals surface area contributed by atoms with E-state index in [9.17, 15) is 4.79 Å². The van der Waals surface area contributed by atoms with E-state index in [2.05, 4.69) is 0 Å². The fourth-order valence-electron chi connectivity index (χ4n) is 1.74. The lowest BCUT2D eigenvalue weighted by molar-refractivity contribution is -0.114. The molecule has 1 rings (SSSR count). The van der Waals surface area contributed by atoms with Gasteiger partial charge in [-0.3, -0.25) is 4.79 Å². The van der Waals surface area contributed by atoms with Crippen molar-refractivity contribution in [3.8, 4) is 18.2 Å². The van der Waals surface area contributed by atoms with Gasteiger partial charge in [-0.05, 0) is 13.8 Å². The second-order valence-electron chi connectivity index (χ2n) is 3.41. The molecule has 0 aliphatic carbocycles. The van der Waals surface area contributed by atoms with E-state index in [0.717, 1.165) is 0 Å². The Kier molecular flexibility index (Phi) is 2.89. The Morgan fingerprint density at radius 2 is 1.88 bits per heavy atom. The van der Waals surface area contributed by atoms with Crippen molar-refractivity contribution in [1.82, 2.24) is 0 Å². The summed E-state index contributed by atoms with van der Waals surface area (Å²) in [4.78, 5) is 11.5. The number of Topliss-reactive ketones (excluding diaryl/α,β-unsaturated/α-hetero) is 1. The van der Waals surface area contributed by atoms with Gasteiger partial charge in [-0.25, -0.2) is 0 Å². The summed E-state index contributed by atoms with van der Waals surface area (Å²) >= 11 is 0. The Balaban J connectivity index is 3.71. The molecule has 17 heavy (non-hydrogen) atoms. The number of carbonyl (C=O) groups excluding carboxylic acids is 1. The third kappa shape index (κ3) is 1.51. The van der Waals surface area contributed by atoms with E-state index in [1.807, 2.05) is 0 Å². The molecule has 0 aromatic heterocycles. The van der Waals surface area contributed by atoms with Gasteiger partial charge >= 0.3 is 0 Å². The zero-order valence-corrected chi connectivity index (χ0v) is 9.24. The highest BCUT2D eigenvalue weighted by molar-refractivity contribution is 5.98. The average molecular weight is 228 g/mol. The number of rotatable bonds is 1. The molecule has 0 radical (unpaired) electrons. The molecule has 0 fully saturated rings. The molecule has 0 saturated heterocycles. The highest BCUT2D eigenvalue weighted by Gasteiger charge is 2.48. The van der Waals surface area contributed by atoms with Crippen molar-refractivity contribution in [2.24, 2.45) is 11.1 Å². The number of nitriles is 3. The fourth-order valence-corrected chi connectivity index (χ4v) is 1.74. The monoisotopic (exact) mass is 228 g/mol. The molecule has 1 aliphatic rings. The van der Waals surface area contributed by atoms with Crippen LogP contribution >= 0.6 is 0 Å². The van der Waals surface area contributed by atoms with Gasteiger partial charge in [0, 0.05) is 0 Å². The second-order valence-corrected chi connectivity index (χ2v) is 3.41. The van der Waals surface area contributed by atoms with Crippen LogP contribution < -0.4 is 5.73 Å². The van der Waals surface area contributed by atoms with Crippen molar-refractivity contribution in [3.63, 3.8) is 0 Å². The first-order chi connectivity index (χ1) is 7.94. The number of nitrogens with two attached hydrogens (primary N) is 1. The largest absolute Gasteiger partial charge is 0.445 e. The number of ether oxygens (including phenoxy) is 1. The molecule has 0 unspecified atom stereocenters. The first kappa shape index (κ1) is 12.3. The van der Waals surface area contributed by atoms with Crippen LogP contribution in [0.5, 0.6) is 0 Å². The molecule has 0 saturated carbocycles. The SMILES string of the molecule is CC(=O)C1=C(C)OC(N)=C(C#N)C1(C#N)C#N. The minimum Gasteiger partial charge on any atom is -0.445 e. The van der Waals surface area contributed by atoms with Crippen LogP contribution in [0.4, 0.5) is 0 Å². The minimum absolute atomic E-state index is 0.0668. The van der Waals surface area contributed by atoms with Crippen molar-refractivity contribution >= 4 is 5.78 Å². The first-order valence-electron chi connectivity index (χ1n) is 4.57. The number of nitrogens with zero attached hydrogens (tertiary/aromatic N) is 3. The molecule has 0 bridgehead atoms. The van der Waals surface area contributed by atoms with Crippen LogP contribution in [-0.2, 0) is 9.53 Å². The zero-order chi connectivity index (χ0) is 13.2. The standard InChI is InChI=1S/C11H8N4O2/c1-6(16)9-7(2)17-10(15)8(3-12)11(9,4-13)5-14/h15H2,1-2H3. The molecule has 0 aromatic carbocycles. The van der Waals surface area contributed by atoms with Crippen LogP contribution in [0.3, 0.4) is 0 Å². The van der Waals surface area contributed by atoms with Gasteiger partial charge in [-0.2, -0.15) is 15.8 Å². The third-order valence-corrected chi connectivity index (χ3v) is 2.41. The summed E-state index contributed by atoms with van der Waals surface area (Å²) in [6.45, 7) is 2.61. The van der Waals surface area contributed by atoms with Gasteiger partial charge < -0.3 is 10.5 Å². The van der Waals surface area contributed by atoms with Crippen molar-refractivity contribution in [2.75, 3.05) is 0 Å². The van der Waals surface area contributed by atoms with E-state index in [4.69, 9.17) is 26.3 Å². The van der Waals surface area contributed by atoms with E-state index >= 15 is 0 Å². The van der Waals surface area contributed by atoms with Gasteiger partial charge in [0.1, 0.15) is 17.4 Å². The Labute approximate surface area is 97.8 Å². The summed E-state index contributed by atoms with van der Waals surface area (Å²) in [5.74, 6) is -0.763. The predicted octanol–water partition coefficient (Wildman–Crippen LogP) is 0.607. The maximum Gasteiger partial charge on any atom is 0.215 e. The third-order valence-electron chi connectivity index (χ3n) is 2.41. The van der Waals surface area contributed by atoms with Crippen molar-refractivity contribution in [2.45, 2.75) is 13.8 Å². The van der Waals surface area contributed by atoms with E-state index in [1.165, 1.54) is 13.8 Å². The predicted molar refractivity (Wildman–Crippen MR) is 55.0 cm³/mol. The molecule has 0 amide bonds. The Morgan fingerprint density at radius 1 is 1.35 bits per heavy atom. The molecular weight excluding hydrogens is 220 g/mol. The van der Waals surface area contributed by atoms with Gasteiger partial charge in [0.2, 0.25) is 11.3 Å². The van der Waals surface area contributed by atoms with E-state index < -0.39 is 11.2 Å². The Hall–Kier alpha value is -2.78. The number of hydrogen-bond acceptors (Lipinski definition) is 6. The summed E-state index contributed by atoms with van der Waals surface area (Å²) in [5, 5.41) is 27.2. The molecule has 0 spiro atoms. The maximum atomic E-state index is 11.5.